The molecule has 0 saturated carbocycles. The fraction of sp³-hybridized carbons (Fsp3) is 0.500. The molecule has 0 aliphatic carbocycles. The first kappa shape index (κ1) is 16.1. The van der Waals surface area contributed by atoms with Crippen molar-refractivity contribution in [2.24, 2.45) is 11.7 Å². The first-order valence-corrected chi connectivity index (χ1v) is 6.54. The Morgan fingerprint density at radius 3 is 2.45 bits per heavy atom. The molecule has 110 valence electrons. The van der Waals surface area contributed by atoms with Gasteiger partial charge in [0.25, 0.3) is 5.69 Å². The van der Waals surface area contributed by atoms with Crippen LogP contribution in [-0.4, -0.2) is 16.9 Å². The maximum absolute atomic E-state index is 12.0. The molecule has 0 radical (unpaired) electrons. The fourth-order valence-corrected chi connectivity index (χ4v) is 2.01. The van der Waals surface area contributed by atoms with E-state index in [9.17, 15) is 14.9 Å². The molecule has 1 aromatic rings. The van der Waals surface area contributed by atoms with Gasteiger partial charge in [0.2, 0.25) is 5.91 Å². The lowest BCUT2D eigenvalue weighted by atomic mass is 10.0. The second kappa shape index (κ2) is 6.47. The highest BCUT2D eigenvalue weighted by molar-refractivity contribution is 5.95. The van der Waals surface area contributed by atoms with Crippen LogP contribution in [0.1, 0.15) is 31.4 Å². The number of carbonyl (C=O) groups is 1. The van der Waals surface area contributed by atoms with Crippen LogP contribution >= 0.6 is 0 Å². The van der Waals surface area contributed by atoms with E-state index < -0.39 is 11.0 Å². The molecule has 6 heteroatoms. The number of nitrogens with zero attached hydrogens (tertiary/aromatic N) is 1. The highest BCUT2D eigenvalue weighted by atomic mass is 16.6. The van der Waals surface area contributed by atoms with Gasteiger partial charge in [0.05, 0.1) is 16.7 Å². The monoisotopic (exact) mass is 279 g/mol. The standard InChI is InChI=1S/C14H21N3O3/c1-8(2)5-11(15)14(18)16-12-7-13(17(19)20)10(4)6-9(12)3/h6-8,11H,5,15H2,1-4H3,(H,16,18)/t11-/m0/s1. The van der Waals surface area contributed by atoms with Gasteiger partial charge in [-0.05, 0) is 37.8 Å². The van der Waals surface area contributed by atoms with Crippen molar-refractivity contribution in [2.75, 3.05) is 5.32 Å². The smallest absolute Gasteiger partial charge is 0.274 e. The molecule has 0 aromatic heterocycles. The van der Waals surface area contributed by atoms with Crippen LogP contribution < -0.4 is 11.1 Å². The summed E-state index contributed by atoms with van der Waals surface area (Å²) in [5.41, 5.74) is 7.57. The van der Waals surface area contributed by atoms with E-state index in [0.29, 0.717) is 23.6 Å². The second-order valence-electron chi connectivity index (χ2n) is 5.44. The molecular formula is C14H21N3O3. The number of carbonyl (C=O) groups excluding carboxylic acids is 1. The van der Waals surface area contributed by atoms with E-state index in [-0.39, 0.29) is 11.6 Å². The van der Waals surface area contributed by atoms with E-state index >= 15 is 0 Å². The SMILES string of the molecule is Cc1cc(C)c([N+](=O)[O-])cc1NC(=O)[C@@H](N)CC(C)C. The number of amides is 1. The summed E-state index contributed by atoms with van der Waals surface area (Å²) in [5.74, 6) is -0.0100. The molecule has 0 aliphatic rings. The van der Waals surface area contributed by atoms with Crippen LogP contribution in [0.2, 0.25) is 0 Å². The summed E-state index contributed by atoms with van der Waals surface area (Å²) in [4.78, 5) is 22.4. The molecule has 0 spiro atoms. The van der Waals surface area contributed by atoms with E-state index in [1.54, 1.807) is 19.9 Å². The zero-order chi connectivity index (χ0) is 15.4. The molecular weight excluding hydrogens is 258 g/mol. The Balaban J connectivity index is 2.95. The Morgan fingerprint density at radius 1 is 1.35 bits per heavy atom. The van der Waals surface area contributed by atoms with Crippen molar-refractivity contribution in [3.05, 3.63) is 33.4 Å². The summed E-state index contributed by atoms with van der Waals surface area (Å²) >= 11 is 0. The number of hydrogen-bond donors (Lipinski definition) is 2. The summed E-state index contributed by atoms with van der Waals surface area (Å²) in [5, 5.41) is 13.6. The minimum absolute atomic E-state index is 0.0108. The molecule has 0 saturated heterocycles. The number of nitro benzene ring substituents is 1. The van der Waals surface area contributed by atoms with Crippen molar-refractivity contribution in [1.82, 2.24) is 0 Å². The lowest BCUT2D eigenvalue weighted by molar-refractivity contribution is -0.385. The summed E-state index contributed by atoms with van der Waals surface area (Å²) in [6, 6.07) is 2.45. The Morgan fingerprint density at radius 2 is 1.95 bits per heavy atom. The average molecular weight is 279 g/mol. The molecule has 1 aromatic carbocycles. The van der Waals surface area contributed by atoms with Crippen LogP contribution in [0.5, 0.6) is 0 Å². The van der Waals surface area contributed by atoms with Gasteiger partial charge in [-0.1, -0.05) is 13.8 Å². The molecule has 0 fully saturated rings. The summed E-state index contributed by atoms with van der Waals surface area (Å²) in [7, 11) is 0. The lowest BCUT2D eigenvalue weighted by Gasteiger charge is -2.15. The zero-order valence-electron chi connectivity index (χ0n) is 12.3. The van der Waals surface area contributed by atoms with Gasteiger partial charge in [-0.2, -0.15) is 0 Å². The van der Waals surface area contributed by atoms with Gasteiger partial charge < -0.3 is 11.1 Å². The van der Waals surface area contributed by atoms with Crippen LogP contribution in [0.3, 0.4) is 0 Å². The molecule has 3 N–H and O–H groups in total. The highest BCUT2D eigenvalue weighted by Gasteiger charge is 2.18. The quantitative estimate of drug-likeness (QED) is 0.639. The molecule has 1 rings (SSSR count). The van der Waals surface area contributed by atoms with Crippen molar-refractivity contribution in [1.29, 1.82) is 0 Å². The Kier molecular flexibility index (Phi) is 5.21. The number of rotatable bonds is 5. The van der Waals surface area contributed by atoms with Crippen molar-refractivity contribution in [3.63, 3.8) is 0 Å². The molecule has 0 unspecified atom stereocenters. The topological polar surface area (TPSA) is 98.3 Å². The third-order valence-electron chi connectivity index (χ3n) is 3.06. The fourth-order valence-electron chi connectivity index (χ4n) is 2.01. The van der Waals surface area contributed by atoms with Crippen molar-refractivity contribution < 1.29 is 9.72 Å². The van der Waals surface area contributed by atoms with E-state index in [1.807, 2.05) is 13.8 Å². The van der Waals surface area contributed by atoms with E-state index in [0.717, 1.165) is 5.56 Å². The summed E-state index contributed by atoms with van der Waals surface area (Å²) < 4.78 is 0. The van der Waals surface area contributed by atoms with E-state index in [1.165, 1.54) is 6.07 Å². The van der Waals surface area contributed by atoms with Gasteiger partial charge in [-0.25, -0.2) is 0 Å². The molecule has 1 atom stereocenters. The zero-order valence-corrected chi connectivity index (χ0v) is 12.3. The number of nitro groups is 1. The van der Waals surface area contributed by atoms with E-state index in [2.05, 4.69) is 5.32 Å². The molecule has 6 nitrogen and oxygen atoms in total. The van der Waals surface area contributed by atoms with Crippen LogP contribution in [0, 0.1) is 29.9 Å². The maximum atomic E-state index is 12.0. The van der Waals surface area contributed by atoms with Gasteiger partial charge >= 0.3 is 0 Å². The minimum Gasteiger partial charge on any atom is -0.324 e. The van der Waals surface area contributed by atoms with Gasteiger partial charge in [0.1, 0.15) is 0 Å². The molecule has 1 amide bonds. The Bertz CT molecular complexity index is 527. The number of hydrogen-bond acceptors (Lipinski definition) is 4. The minimum atomic E-state index is -0.616. The van der Waals surface area contributed by atoms with Gasteiger partial charge in [-0.3, -0.25) is 14.9 Å². The number of nitrogens with two attached hydrogens (primary N) is 1. The number of benzene rings is 1. The molecule has 0 bridgehead atoms. The van der Waals surface area contributed by atoms with Crippen molar-refractivity contribution >= 4 is 17.3 Å². The maximum Gasteiger partial charge on any atom is 0.274 e. The number of anilines is 1. The van der Waals surface area contributed by atoms with Crippen LogP contribution in [0.25, 0.3) is 0 Å². The lowest BCUT2D eigenvalue weighted by Crippen LogP contribution is -2.36. The molecule has 20 heavy (non-hydrogen) atoms. The van der Waals surface area contributed by atoms with Gasteiger partial charge in [0, 0.05) is 11.6 Å². The summed E-state index contributed by atoms with van der Waals surface area (Å²) in [6.45, 7) is 7.42. The third-order valence-corrected chi connectivity index (χ3v) is 3.06. The number of aryl methyl sites for hydroxylation is 2. The largest absolute Gasteiger partial charge is 0.324 e. The first-order valence-electron chi connectivity index (χ1n) is 6.54. The van der Waals surface area contributed by atoms with Crippen LogP contribution in [0.15, 0.2) is 12.1 Å². The molecule has 0 aliphatic heterocycles. The third kappa shape index (κ3) is 4.03. The van der Waals surface area contributed by atoms with Crippen LogP contribution in [-0.2, 0) is 4.79 Å². The first-order chi connectivity index (χ1) is 9.22. The second-order valence-corrected chi connectivity index (χ2v) is 5.44. The normalized spacial score (nSPS) is 12.3. The Hall–Kier alpha value is -1.95. The van der Waals surface area contributed by atoms with Crippen molar-refractivity contribution in [3.8, 4) is 0 Å². The van der Waals surface area contributed by atoms with Crippen LogP contribution in [0.4, 0.5) is 11.4 Å². The predicted molar refractivity (Wildman–Crippen MR) is 78.6 cm³/mol. The Labute approximate surface area is 118 Å². The predicted octanol–water partition coefficient (Wildman–Crippen LogP) is 2.52. The van der Waals surface area contributed by atoms with Crippen molar-refractivity contribution in [2.45, 2.75) is 40.2 Å². The highest BCUT2D eigenvalue weighted by Crippen LogP contribution is 2.26. The average Bonchev–Trinajstić information content (AvgIpc) is 2.30. The van der Waals surface area contributed by atoms with Gasteiger partial charge in [-0.15, -0.1) is 0 Å². The summed E-state index contributed by atoms with van der Waals surface area (Å²) in [6.07, 6.45) is 0.568. The van der Waals surface area contributed by atoms with E-state index in [4.69, 9.17) is 5.73 Å². The van der Waals surface area contributed by atoms with Gasteiger partial charge in [0.15, 0.2) is 0 Å². The molecule has 0 heterocycles. The number of nitrogens with one attached hydrogen (secondary N) is 1.